The molecule has 0 aromatic carbocycles. The van der Waals surface area contributed by atoms with Crippen molar-refractivity contribution in [2.45, 2.75) is 24.2 Å². The number of ether oxygens (including phenoxy) is 1. The highest BCUT2D eigenvalue weighted by Crippen LogP contribution is 2.23. The van der Waals surface area contributed by atoms with Crippen molar-refractivity contribution < 1.29 is 17.6 Å². The summed E-state index contributed by atoms with van der Waals surface area (Å²) in [4.78, 5) is 0. The van der Waals surface area contributed by atoms with E-state index in [-0.39, 0.29) is 17.7 Å². The average Bonchev–Trinajstić information content (AvgIpc) is 2.98. The minimum atomic E-state index is -3.54. The molecule has 1 unspecified atom stereocenters. The Hall–Kier alpha value is -0.890. The van der Waals surface area contributed by atoms with Gasteiger partial charge in [-0.05, 0) is 18.6 Å². The van der Waals surface area contributed by atoms with Crippen LogP contribution in [0.4, 0.5) is 0 Å². The summed E-state index contributed by atoms with van der Waals surface area (Å²) in [6.07, 6.45) is 0.675. The Bertz CT molecular complexity index is 482. The predicted octanol–water partition coefficient (Wildman–Crippen LogP) is 0.148. The molecule has 0 bridgehead atoms. The molecular formula is C10H16N2O4S. The van der Waals surface area contributed by atoms with Crippen LogP contribution in [0.25, 0.3) is 0 Å². The maximum atomic E-state index is 12.2. The van der Waals surface area contributed by atoms with Crippen molar-refractivity contribution >= 4 is 10.0 Å². The molecule has 1 aliphatic heterocycles. The first-order valence-electron chi connectivity index (χ1n) is 5.39. The molecule has 96 valence electrons. The second-order valence-corrected chi connectivity index (χ2v) is 5.80. The number of sulfonamides is 1. The van der Waals surface area contributed by atoms with Gasteiger partial charge in [0.25, 0.3) is 10.0 Å². The third-order valence-electron chi connectivity index (χ3n) is 2.87. The minimum absolute atomic E-state index is 0.0336. The van der Waals surface area contributed by atoms with Gasteiger partial charge < -0.3 is 14.9 Å². The molecule has 0 saturated carbocycles. The molecular weight excluding hydrogens is 244 g/mol. The number of methoxy groups -OCH3 is 1. The Kier molecular flexibility index (Phi) is 3.53. The smallest absolute Gasteiger partial charge is 0.276 e. The van der Waals surface area contributed by atoms with E-state index in [0.717, 1.165) is 0 Å². The lowest BCUT2D eigenvalue weighted by molar-refractivity contribution is 0.115. The summed E-state index contributed by atoms with van der Waals surface area (Å²) >= 11 is 0. The van der Waals surface area contributed by atoms with Gasteiger partial charge >= 0.3 is 0 Å². The number of rotatable bonds is 4. The normalized spacial score (nSPS) is 22.1. The predicted molar refractivity (Wildman–Crippen MR) is 60.8 cm³/mol. The van der Waals surface area contributed by atoms with E-state index in [1.807, 2.05) is 0 Å². The quantitative estimate of drug-likeness (QED) is 0.832. The van der Waals surface area contributed by atoms with Gasteiger partial charge in [-0.15, -0.1) is 0 Å². The first-order valence-corrected chi connectivity index (χ1v) is 6.83. The van der Waals surface area contributed by atoms with Crippen LogP contribution >= 0.6 is 0 Å². The van der Waals surface area contributed by atoms with Crippen molar-refractivity contribution in [3.05, 3.63) is 17.9 Å². The molecule has 0 spiro atoms. The van der Waals surface area contributed by atoms with Crippen LogP contribution in [0.2, 0.25) is 0 Å². The monoisotopic (exact) mass is 260 g/mol. The molecule has 1 fully saturated rings. The van der Waals surface area contributed by atoms with E-state index in [9.17, 15) is 8.42 Å². The maximum absolute atomic E-state index is 12.2. The average molecular weight is 260 g/mol. The fourth-order valence-electron chi connectivity index (χ4n) is 1.84. The Balaban J connectivity index is 2.19. The van der Waals surface area contributed by atoms with Gasteiger partial charge in [-0.3, -0.25) is 0 Å². The fourth-order valence-corrected chi connectivity index (χ4v) is 3.26. The SMILES string of the molecule is COC1CCN(S(=O)(=O)c2ccc(CN)o2)C1. The van der Waals surface area contributed by atoms with Gasteiger partial charge in [-0.2, -0.15) is 4.31 Å². The standard InChI is InChI=1S/C10H16N2O4S/c1-15-9-4-5-12(7-9)17(13,14)10-3-2-8(6-11)16-10/h2-3,9H,4-7,11H2,1H3. The lowest BCUT2D eigenvalue weighted by Gasteiger charge is -2.14. The van der Waals surface area contributed by atoms with Gasteiger partial charge in [-0.25, -0.2) is 8.42 Å². The van der Waals surface area contributed by atoms with Gasteiger partial charge in [0, 0.05) is 20.2 Å². The van der Waals surface area contributed by atoms with Crippen molar-refractivity contribution in [2.75, 3.05) is 20.2 Å². The second-order valence-electron chi connectivity index (χ2n) is 3.93. The highest BCUT2D eigenvalue weighted by Gasteiger charge is 2.34. The summed E-state index contributed by atoms with van der Waals surface area (Å²) in [6, 6.07) is 3.02. The third-order valence-corrected chi connectivity index (χ3v) is 4.61. The zero-order valence-corrected chi connectivity index (χ0v) is 10.4. The Labute approximate surface area is 100 Å². The van der Waals surface area contributed by atoms with Crippen LogP contribution in [0, 0.1) is 0 Å². The molecule has 0 amide bonds. The van der Waals surface area contributed by atoms with Crippen LogP contribution in [-0.2, 0) is 21.3 Å². The van der Waals surface area contributed by atoms with E-state index >= 15 is 0 Å². The first-order chi connectivity index (χ1) is 8.07. The fraction of sp³-hybridized carbons (Fsp3) is 0.600. The summed E-state index contributed by atoms with van der Waals surface area (Å²) in [6.45, 7) is 1.02. The zero-order valence-electron chi connectivity index (χ0n) is 9.63. The highest BCUT2D eigenvalue weighted by atomic mass is 32.2. The molecule has 17 heavy (non-hydrogen) atoms. The first kappa shape index (κ1) is 12.6. The van der Waals surface area contributed by atoms with Crippen LogP contribution in [-0.4, -0.2) is 39.0 Å². The van der Waals surface area contributed by atoms with Gasteiger partial charge in [0.05, 0.1) is 12.6 Å². The topological polar surface area (TPSA) is 85.8 Å². The Morgan fingerprint density at radius 3 is 2.88 bits per heavy atom. The van der Waals surface area contributed by atoms with Crippen molar-refractivity contribution in [1.82, 2.24) is 4.31 Å². The van der Waals surface area contributed by atoms with Gasteiger partial charge in [0.2, 0.25) is 5.09 Å². The molecule has 1 saturated heterocycles. The van der Waals surface area contributed by atoms with E-state index in [2.05, 4.69) is 0 Å². The summed E-state index contributed by atoms with van der Waals surface area (Å²) in [7, 11) is -1.96. The number of hydrogen-bond donors (Lipinski definition) is 1. The zero-order chi connectivity index (χ0) is 12.5. The lowest BCUT2D eigenvalue weighted by atomic mass is 10.3. The second kappa shape index (κ2) is 4.77. The van der Waals surface area contributed by atoms with E-state index in [1.165, 1.54) is 10.4 Å². The summed E-state index contributed by atoms with van der Waals surface area (Å²) < 4.78 is 36.0. The molecule has 2 rings (SSSR count). The summed E-state index contributed by atoms with van der Waals surface area (Å²) in [5, 5.41) is -0.0466. The molecule has 0 radical (unpaired) electrons. The number of hydrogen-bond acceptors (Lipinski definition) is 5. The van der Waals surface area contributed by atoms with Gasteiger partial charge in [-0.1, -0.05) is 0 Å². The van der Waals surface area contributed by atoms with E-state index < -0.39 is 10.0 Å². The number of nitrogens with zero attached hydrogens (tertiary/aromatic N) is 1. The lowest BCUT2D eigenvalue weighted by Crippen LogP contribution is -2.29. The molecule has 6 nitrogen and oxygen atoms in total. The Morgan fingerprint density at radius 1 is 1.59 bits per heavy atom. The molecule has 2 N–H and O–H groups in total. The molecule has 2 heterocycles. The third kappa shape index (κ3) is 2.37. The van der Waals surface area contributed by atoms with Crippen LogP contribution in [0.5, 0.6) is 0 Å². The summed E-state index contributed by atoms with van der Waals surface area (Å²) in [5.74, 6) is 0.464. The summed E-state index contributed by atoms with van der Waals surface area (Å²) in [5.41, 5.74) is 5.38. The molecule has 1 aliphatic rings. The molecule has 7 heteroatoms. The van der Waals surface area contributed by atoms with Crippen molar-refractivity contribution in [3.8, 4) is 0 Å². The van der Waals surface area contributed by atoms with Gasteiger partial charge in [0.15, 0.2) is 0 Å². The molecule has 0 aliphatic carbocycles. The van der Waals surface area contributed by atoms with E-state index in [0.29, 0.717) is 25.3 Å². The molecule has 1 aromatic heterocycles. The molecule has 1 aromatic rings. The number of furan rings is 1. The number of nitrogens with two attached hydrogens (primary N) is 1. The van der Waals surface area contributed by atoms with Crippen molar-refractivity contribution in [1.29, 1.82) is 0 Å². The van der Waals surface area contributed by atoms with Gasteiger partial charge in [0.1, 0.15) is 5.76 Å². The van der Waals surface area contributed by atoms with Crippen LogP contribution in [0.1, 0.15) is 12.2 Å². The van der Waals surface area contributed by atoms with Crippen LogP contribution in [0.15, 0.2) is 21.6 Å². The minimum Gasteiger partial charge on any atom is -0.447 e. The maximum Gasteiger partial charge on any atom is 0.276 e. The highest BCUT2D eigenvalue weighted by molar-refractivity contribution is 7.89. The van der Waals surface area contributed by atoms with Crippen LogP contribution < -0.4 is 5.73 Å². The van der Waals surface area contributed by atoms with Crippen molar-refractivity contribution in [3.63, 3.8) is 0 Å². The van der Waals surface area contributed by atoms with Crippen molar-refractivity contribution in [2.24, 2.45) is 5.73 Å². The van der Waals surface area contributed by atoms with E-state index in [1.54, 1.807) is 13.2 Å². The largest absolute Gasteiger partial charge is 0.447 e. The van der Waals surface area contributed by atoms with E-state index in [4.69, 9.17) is 14.9 Å². The van der Waals surface area contributed by atoms with Crippen LogP contribution in [0.3, 0.4) is 0 Å². The molecule has 1 atom stereocenters. The Morgan fingerprint density at radius 2 is 2.35 bits per heavy atom.